The number of nitriles is 1. The summed E-state index contributed by atoms with van der Waals surface area (Å²) in [7, 11) is 0. The highest BCUT2D eigenvalue weighted by Crippen LogP contribution is 2.32. The average Bonchev–Trinajstić information content (AvgIpc) is 2.37. The van der Waals surface area contributed by atoms with Crippen molar-refractivity contribution in [2.75, 3.05) is 23.4 Å². The Morgan fingerprint density at radius 2 is 2.16 bits per heavy atom. The van der Waals surface area contributed by atoms with E-state index in [1.54, 1.807) is 23.9 Å². The fourth-order valence-electron chi connectivity index (χ4n) is 1.43. The third-order valence-corrected chi connectivity index (χ3v) is 3.22. The SMILES string of the molecule is C=CCSCCNc1ccc(C(F)(F)F)c(C#N)c1. The van der Waals surface area contributed by atoms with Crippen molar-refractivity contribution in [3.8, 4) is 6.07 Å². The maximum atomic E-state index is 12.6. The van der Waals surface area contributed by atoms with Crippen LogP contribution in [0.4, 0.5) is 18.9 Å². The maximum Gasteiger partial charge on any atom is 0.417 e. The van der Waals surface area contributed by atoms with Crippen molar-refractivity contribution < 1.29 is 13.2 Å². The molecule has 1 aromatic carbocycles. The summed E-state index contributed by atoms with van der Waals surface area (Å²) in [4.78, 5) is 0. The molecule has 0 spiro atoms. The van der Waals surface area contributed by atoms with Crippen LogP contribution in [0.3, 0.4) is 0 Å². The minimum Gasteiger partial charge on any atom is -0.384 e. The Balaban J connectivity index is 2.68. The zero-order chi connectivity index (χ0) is 14.3. The first-order valence-electron chi connectivity index (χ1n) is 5.53. The first kappa shape index (κ1) is 15.4. The van der Waals surface area contributed by atoms with Crippen LogP contribution in [-0.2, 0) is 6.18 Å². The molecule has 2 nitrogen and oxygen atoms in total. The number of rotatable bonds is 6. The molecule has 0 fully saturated rings. The molecular formula is C13H13F3N2S. The number of anilines is 1. The lowest BCUT2D eigenvalue weighted by molar-refractivity contribution is -0.137. The molecule has 0 amide bonds. The molecule has 0 aliphatic heterocycles. The molecule has 102 valence electrons. The summed E-state index contributed by atoms with van der Waals surface area (Å²) in [6.45, 7) is 4.21. The largest absolute Gasteiger partial charge is 0.417 e. The second kappa shape index (κ2) is 7.10. The van der Waals surface area contributed by atoms with Crippen LogP contribution in [0.5, 0.6) is 0 Å². The molecule has 1 N–H and O–H groups in total. The number of nitrogens with one attached hydrogen (secondary N) is 1. The van der Waals surface area contributed by atoms with Crippen LogP contribution in [-0.4, -0.2) is 18.1 Å². The van der Waals surface area contributed by atoms with Gasteiger partial charge in [-0.1, -0.05) is 6.08 Å². The Labute approximate surface area is 114 Å². The van der Waals surface area contributed by atoms with Crippen molar-refractivity contribution in [3.63, 3.8) is 0 Å². The van der Waals surface area contributed by atoms with Gasteiger partial charge in [-0.25, -0.2) is 0 Å². The quantitative estimate of drug-likeness (QED) is 0.636. The van der Waals surface area contributed by atoms with Crippen LogP contribution in [0, 0.1) is 11.3 Å². The summed E-state index contributed by atoms with van der Waals surface area (Å²) < 4.78 is 37.7. The van der Waals surface area contributed by atoms with Crippen LogP contribution in [0.25, 0.3) is 0 Å². The van der Waals surface area contributed by atoms with Gasteiger partial charge in [0.15, 0.2) is 0 Å². The summed E-state index contributed by atoms with van der Waals surface area (Å²) in [5, 5.41) is 11.7. The zero-order valence-corrected chi connectivity index (χ0v) is 10.9. The highest BCUT2D eigenvalue weighted by atomic mass is 32.2. The van der Waals surface area contributed by atoms with Gasteiger partial charge in [0, 0.05) is 23.7 Å². The van der Waals surface area contributed by atoms with Gasteiger partial charge in [0.2, 0.25) is 0 Å². The zero-order valence-electron chi connectivity index (χ0n) is 10.1. The van der Waals surface area contributed by atoms with Crippen molar-refractivity contribution >= 4 is 17.4 Å². The maximum absolute atomic E-state index is 12.6. The van der Waals surface area contributed by atoms with Crippen molar-refractivity contribution in [2.45, 2.75) is 6.18 Å². The molecule has 0 bridgehead atoms. The highest BCUT2D eigenvalue weighted by molar-refractivity contribution is 7.99. The normalized spacial score (nSPS) is 10.8. The number of alkyl halides is 3. The van der Waals surface area contributed by atoms with Gasteiger partial charge in [0.05, 0.1) is 17.2 Å². The molecule has 0 saturated heterocycles. The molecule has 0 aliphatic carbocycles. The number of nitrogens with zero attached hydrogens (tertiary/aromatic N) is 1. The first-order valence-corrected chi connectivity index (χ1v) is 6.68. The molecular weight excluding hydrogens is 273 g/mol. The molecule has 0 aromatic heterocycles. The third kappa shape index (κ3) is 4.87. The second-order valence-corrected chi connectivity index (χ2v) is 4.81. The molecule has 0 heterocycles. The summed E-state index contributed by atoms with van der Waals surface area (Å²) in [5.41, 5.74) is -0.749. The predicted octanol–water partition coefficient (Wildman–Crippen LogP) is 3.91. The molecule has 1 aromatic rings. The van der Waals surface area contributed by atoms with E-state index in [-0.39, 0.29) is 5.56 Å². The molecule has 0 saturated carbocycles. The van der Waals surface area contributed by atoms with E-state index in [1.807, 2.05) is 0 Å². The van der Waals surface area contributed by atoms with E-state index in [0.29, 0.717) is 12.2 Å². The van der Waals surface area contributed by atoms with E-state index in [2.05, 4.69) is 11.9 Å². The van der Waals surface area contributed by atoms with Crippen molar-refractivity contribution in [1.82, 2.24) is 0 Å². The molecule has 19 heavy (non-hydrogen) atoms. The van der Waals surface area contributed by atoms with Gasteiger partial charge in [-0.05, 0) is 18.2 Å². The van der Waals surface area contributed by atoms with E-state index in [1.165, 1.54) is 12.1 Å². The Hall–Kier alpha value is -1.61. The molecule has 0 atom stereocenters. The van der Waals surface area contributed by atoms with E-state index in [4.69, 9.17) is 5.26 Å². The van der Waals surface area contributed by atoms with Gasteiger partial charge in [0.25, 0.3) is 0 Å². The van der Waals surface area contributed by atoms with Gasteiger partial charge in [-0.3, -0.25) is 0 Å². The van der Waals surface area contributed by atoms with E-state index < -0.39 is 11.7 Å². The van der Waals surface area contributed by atoms with Crippen LogP contribution >= 0.6 is 11.8 Å². The number of hydrogen-bond donors (Lipinski definition) is 1. The number of halogens is 3. The van der Waals surface area contributed by atoms with Crippen LogP contribution in [0.1, 0.15) is 11.1 Å². The van der Waals surface area contributed by atoms with Crippen molar-refractivity contribution in [3.05, 3.63) is 42.0 Å². The van der Waals surface area contributed by atoms with Crippen molar-refractivity contribution in [1.29, 1.82) is 5.26 Å². The number of thioether (sulfide) groups is 1. The van der Waals surface area contributed by atoms with E-state index >= 15 is 0 Å². The van der Waals surface area contributed by atoms with Gasteiger partial charge in [0.1, 0.15) is 0 Å². The predicted molar refractivity (Wildman–Crippen MR) is 72.2 cm³/mol. The van der Waals surface area contributed by atoms with Gasteiger partial charge in [-0.2, -0.15) is 30.2 Å². The summed E-state index contributed by atoms with van der Waals surface area (Å²) in [5.74, 6) is 1.65. The van der Waals surface area contributed by atoms with Crippen LogP contribution in [0.2, 0.25) is 0 Å². The fourth-order valence-corrected chi connectivity index (χ4v) is 2.01. The Bertz CT molecular complexity index is 478. The summed E-state index contributed by atoms with van der Waals surface area (Å²) in [6, 6.07) is 5.06. The third-order valence-electron chi connectivity index (χ3n) is 2.26. The molecule has 0 unspecified atom stereocenters. The smallest absolute Gasteiger partial charge is 0.384 e. The van der Waals surface area contributed by atoms with Gasteiger partial charge < -0.3 is 5.32 Å². The standard InChI is InChI=1S/C13H13F3N2S/c1-2-6-19-7-5-18-11-3-4-12(13(14,15)16)10(8-11)9-17/h2-4,8,18H,1,5-7H2. The first-order chi connectivity index (χ1) is 8.99. The Kier molecular flexibility index (Phi) is 5.77. The lowest BCUT2D eigenvalue weighted by Crippen LogP contribution is -2.09. The fraction of sp³-hybridized carbons (Fsp3) is 0.308. The highest BCUT2D eigenvalue weighted by Gasteiger charge is 2.33. The minimum absolute atomic E-state index is 0.365. The van der Waals surface area contributed by atoms with E-state index in [0.717, 1.165) is 17.6 Å². The summed E-state index contributed by atoms with van der Waals surface area (Å²) in [6.07, 6.45) is -2.71. The Morgan fingerprint density at radius 3 is 2.74 bits per heavy atom. The second-order valence-electron chi connectivity index (χ2n) is 3.66. The lowest BCUT2D eigenvalue weighted by atomic mass is 10.1. The van der Waals surface area contributed by atoms with Gasteiger partial charge in [-0.15, -0.1) is 6.58 Å². The average molecular weight is 286 g/mol. The lowest BCUT2D eigenvalue weighted by Gasteiger charge is -2.11. The molecule has 6 heteroatoms. The summed E-state index contributed by atoms with van der Waals surface area (Å²) >= 11 is 1.66. The number of hydrogen-bond acceptors (Lipinski definition) is 3. The molecule has 0 aliphatic rings. The Morgan fingerprint density at radius 1 is 1.42 bits per heavy atom. The topological polar surface area (TPSA) is 35.8 Å². The van der Waals surface area contributed by atoms with Crippen LogP contribution < -0.4 is 5.32 Å². The molecule has 0 radical (unpaired) electrons. The van der Waals surface area contributed by atoms with E-state index in [9.17, 15) is 13.2 Å². The minimum atomic E-state index is -4.50. The molecule has 1 rings (SSSR count). The van der Waals surface area contributed by atoms with Crippen LogP contribution in [0.15, 0.2) is 30.9 Å². The monoisotopic (exact) mass is 286 g/mol. The number of benzene rings is 1. The van der Waals surface area contributed by atoms with Crippen molar-refractivity contribution in [2.24, 2.45) is 0 Å². The van der Waals surface area contributed by atoms with Gasteiger partial charge >= 0.3 is 6.18 Å².